The zero-order valence-electron chi connectivity index (χ0n) is 7.79. The maximum absolute atomic E-state index is 11.2. The first-order valence-corrected chi connectivity index (χ1v) is 4.26. The standard InChI is InChI=1S/C9H16N2O/c1-4-9(12)11-6-5-10(3)8(2)7-11/h4,8H,1,5-7H2,2-3H3. The zero-order valence-corrected chi connectivity index (χ0v) is 7.79. The van der Waals surface area contributed by atoms with E-state index < -0.39 is 0 Å². The van der Waals surface area contributed by atoms with Crippen molar-refractivity contribution in [1.29, 1.82) is 0 Å². The molecule has 1 rings (SSSR count). The lowest BCUT2D eigenvalue weighted by molar-refractivity contribution is -0.128. The minimum Gasteiger partial charge on any atom is -0.336 e. The number of hydrogen-bond acceptors (Lipinski definition) is 2. The van der Waals surface area contributed by atoms with Gasteiger partial charge in [-0.1, -0.05) is 6.58 Å². The Morgan fingerprint density at radius 2 is 2.25 bits per heavy atom. The summed E-state index contributed by atoms with van der Waals surface area (Å²) in [7, 11) is 2.08. The lowest BCUT2D eigenvalue weighted by Gasteiger charge is -2.37. The van der Waals surface area contributed by atoms with Gasteiger partial charge in [0.15, 0.2) is 0 Å². The van der Waals surface area contributed by atoms with Crippen molar-refractivity contribution in [3.05, 3.63) is 12.7 Å². The molecule has 1 atom stereocenters. The summed E-state index contributed by atoms with van der Waals surface area (Å²) in [5.74, 6) is 0.0509. The van der Waals surface area contributed by atoms with Crippen LogP contribution in [-0.2, 0) is 4.79 Å². The quantitative estimate of drug-likeness (QED) is 0.527. The molecule has 1 saturated heterocycles. The summed E-state index contributed by atoms with van der Waals surface area (Å²) < 4.78 is 0. The van der Waals surface area contributed by atoms with Crippen molar-refractivity contribution in [2.45, 2.75) is 13.0 Å². The van der Waals surface area contributed by atoms with Gasteiger partial charge in [-0.25, -0.2) is 0 Å². The van der Waals surface area contributed by atoms with Crippen molar-refractivity contribution in [2.75, 3.05) is 26.7 Å². The molecule has 3 nitrogen and oxygen atoms in total. The molecule has 1 aliphatic rings. The van der Waals surface area contributed by atoms with Crippen LogP contribution < -0.4 is 0 Å². The van der Waals surface area contributed by atoms with Crippen molar-refractivity contribution in [3.63, 3.8) is 0 Å². The van der Waals surface area contributed by atoms with E-state index in [1.807, 2.05) is 4.90 Å². The van der Waals surface area contributed by atoms with Gasteiger partial charge in [0.25, 0.3) is 0 Å². The molecule has 68 valence electrons. The summed E-state index contributed by atoms with van der Waals surface area (Å²) in [6.45, 7) is 8.21. The molecule has 1 amide bonds. The molecule has 0 aliphatic carbocycles. The fourth-order valence-electron chi connectivity index (χ4n) is 1.38. The summed E-state index contributed by atoms with van der Waals surface area (Å²) in [4.78, 5) is 15.3. The summed E-state index contributed by atoms with van der Waals surface area (Å²) in [6.07, 6.45) is 1.39. The second-order valence-electron chi connectivity index (χ2n) is 3.32. The molecule has 1 fully saturated rings. The first-order chi connectivity index (χ1) is 5.65. The van der Waals surface area contributed by atoms with Gasteiger partial charge in [-0.2, -0.15) is 0 Å². The topological polar surface area (TPSA) is 23.6 Å². The van der Waals surface area contributed by atoms with E-state index in [0.717, 1.165) is 19.6 Å². The number of carbonyl (C=O) groups is 1. The second-order valence-corrected chi connectivity index (χ2v) is 3.32. The highest BCUT2D eigenvalue weighted by atomic mass is 16.2. The molecule has 0 saturated carbocycles. The molecule has 1 heterocycles. The molecule has 3 heteroatoms. The monoisotopic (exact) mass is 168 g/mol. The van der Waals surface area contributed by atoms with Crippen molar-refractivity contribution in [3.8, 4) is 0 Å². The van der Waals surface area contributed by atoms with Crippen LogP contribution in [0.4, 0.5) is 0 Å². The number of piperazine rings is 1. The Labute approximate surface area is 73.6 Å². The van der Waals surface area contributed by atoms with Crippen LogP contribution >= 0.6 is 0 Å². The Kier molecular flexibility index (Phi) is 2.87. The van der Waals surface area contributed by atoms with Crippen LogP contribution in [0.3, 0.4) is 0 Å². The third-order valence-electron chi connectivity index (χ3n) is 2.45. The average molecular weight is 168 g/mol. The Balaban J connectivity index is 2.50. The maximum atomic E-state index is 11.2. The lowest BCUT2D eigenvalue weighted by Crippen LogP contribution is -2.51. The van der Waals surface area contributed by atoms with Crippen LogP contribution in [-0.4, -0.2) is 48.4 Å². The van der Waals surface area contributed by atoms with E-state index in [-0.39, 0.29) is 5.91 Å². The van der Waals surface area contributed by atoms with Gasteiger partial charge in [0.2, 0.25) is 5.91 Å². The van der Waals surface area contributed by atoms with Crippen LogP contribution in [0.5, 0.6) is 0 Å². The first kappa shape index (κ1) is 9.26. The summed E-state index contributed by atoms with van der Waals surface area (Å²) in [6, 6.07) is 0.461. The molecular formula is C9H16N2O. The van der Waals surface area contributed by atoms with Gasteiger partial charge < -0.3 is 9.80 Å². The van der Waals surface area contributed by atoms with Gasteiger partial charge in [0.1, 0.15) is 0 Å². The molecule has 12 heavy (non-hydrogen) atoms. The summed E-state index contributed by atoms with van der Waals surface area (Å²) in [5.41, 5.74) is 0. The highest BCUT2D eigenvalue weighted by molar-refractivity contribution is 5.87. The van der Waals surface area contributed by atoms with Crippen LogP contribution in [0.2, 0.25) is 0 Å². The number of amides is 1. The Hall–Kier alpha value is -0.830. The van der Waals surface area contributed by atoms with Crippen molar-refractivity contribution < 1.29 is 4.79 Å². The third kappa shape index (κ3) is 1.85. The van der Waals surface area contributed by atoms with Crippen LogP contribution in [0.25, 0.3) is 0 Å². The maximum Gasteiger partial charge on any atom is 0.246 e. The molecule has 0 aromatic carbocycles. The van der Waals surface area contributed by atoms with E-state index in [9.17, 15) is 4.79 Å². The molecule has 0 N–H and O–H groups in total. The van der Waals surface area contributed by atoms with Gasteiger partial charge in [-0.05, 0) is 20.0 Å². The fourth-order valence-corrected chi connectivity index (χ4v) is 1.38. The molecule has 0 aromatic rings. The van der Waals surface area contributed by atoms with E-state index >= 15 is 0 Å². The predicted molar refractivity (Wildman–Crippen MR) is 48.9 cm³/mol. The van der Waals surface area contributed by atoms with Crippen LogP contribution in [0.1, 0.15) is 6.92 Å². The zero-order chi connectivity index (χ0) is 9.14. The minimum atomic E-state index is 0.0509. The fraction of sp³-hybridized carbons (Fsp3) is 0.667. The Morgan fingerprint density at radius 3 is 2.75 bits per heavy atom. The SMILES string of the molecule is C=CC(=O)N1CCN(C)C(C)C1. The highest BCUT2D eigenvalue weighted by Gasteiger charge is 2.22. The molecule has 0 bridgehead atoms. The van der Waals surface area contributed by atoms with Crippen LogP contribution in [0, 0.1) is 0 Å². The number of hydrogen-bond donors (Lipinski definition) is 0. The average Bonchev–Trinajstić information content (AvgIpc) is 2.08. The van der Waals surface area contributed by atoms with Crippen LogP contribution in [0.15, 0.2) is 12.7 Å². The number of likely N-dealkylation sites (N-methyl/N-ethyl adjacent to an activating group) is 1. The highest BCUT2D eigenvalue weighted by Crippen LogP contribution is 2.06. The number of rotatable bonds is 1. The van der Waals surface area contributed by atoms with E-state index in [1.54, 1.807) is 0 Å². The summed E-state index contributed by atoms with van der Waals surface area (Å²) >= 11 is 0. The van der Waals surface area contributed by atoms with Crippen molar-refractivity contribution in [1.82, 2.24) is 9.80 Å². The third-order valence-corrected chi connectivity index (χ3v) is 2.45. The molecular weight excluding hydrogens is 152 g/mol. The van der Waals surface area contributed by atoms with Gasteiger partial charge >= 0.3 is 0 Å². The minimum absolute atomic E-state index is 0.0509. The largest absolute Gasteiger partial charge is 0.336 e. The predicted octanol–water partition coefficient (Wildman–Crippen LogP) is 0.335. The van der Waals surface area contributed by atoms with Gasteiger partial charge in [-0.15, -0.1) is 0 Å². The first-order valence-electron chi connectivity index (χ1n) is 4.26. The van der Waals surface area contributed by atoms with Gasteiger partial charge in [-0.3, -0.25) is 4.79 Å². The number of carbonyl (C=O) groups excluding carboxylic acids is 1. The molecule has 1 aliphatic heterocycles. The molecule has 1 unspecified atom stereocenters. The molecule has 0 spiro atoms. The second kappa shape index (κ2) is 3.72. The normalized spacial score (nSPS) is 25.5. The summed E-state index contributed by atoms with van der Waals surface area (Å²) in [5, 5.41) is 0. The van der Waals surface area contributed by atoms with E-state index in [0.29, 0.717) is 6.04 Å². The smallest absolute Gasteiger partial charge is 0.246 e. The van der Waals surface area contributed by atoms with E-state index in [4.69, 9.17) is 0 Å². The van der Waals surface area contributed by atoms with Gasteiger partial charge in [0.05, 0.1) is 0 Å². The van der Waals surface area contributed by atoms with Crippen molar-refractivity contribution >= 4 is 5.91 Å². The van der Waals surface area contributed by atoms with Crippen molar-refractivity contribution in [2.24, 2.45) is 0 Å². The number of nitrogens with zero attached hydrogens (tertiary/aromatic N) is 2. The Morgan fingerprint density at radius 1 is 1.58 bits per heavy atom. The van der Waals surface area contributed by atoms with E-state index in [1.165, 1.54) is 6.08 Å². The Bertz CT molecular complexity index is 191. The molecule has 0 radical (unpaired) electrons. The van der Waals surface area contributed by atoms with E-state index in [2.05, 4.69) is 25.5 Å². The van der Waals surface area contributed by atoms with Gasteiger partial charge in [0, 0.05) is 25.7 Å². The lowest BCUT2D eigenvalue weighted by atomic mass is 10.2. The molecule has 0 aromatic heterocycles.